The summed E-state index contributed by atoms with van der Waals surface area (Å²) >= 11 is 12.0. The highest BCUT2D eigenvalue weighted by Gasteiger charge is 2.43. The molecule has 0 spiro atoms. The molecular formula is C16H13Cl2NO. The number of nitrogens with one attached hydrogen (secondary N) is 1. The maximum absolute atomic E-state index is 12.2. The second kappa shape index (κ2) is 5.47. The van der Waals surface area contributed by atoms with Gasteiger partial charge in [0.05, 0.1) is 10.7 Å². The van der Waals surface area contributed by atoms with Crippen molar-refractivity contribution in [3.63, 3.8) is 0 Å². The predicted octanol–water partition coefficient (Wildman–Crippen LogP) is 4.74. The van der Waals surface area contributed by atoms with Crippen LogP contribution in [0.1, 0.15) is 17.9 Å². The molecule has 2 aromatic rings. The van der Waals surface area contributed by atoms with Gasteiger partial charge in [0, 0.05) is 10.9 Å². The summed E-state index contributed by atoms with van der Waals surface area (Å²) in [4.78, 5) is 12.2. The molecule has 3 rings (SSSR count). The van der Waals surface area contributed by atoms with Gasteiger partial charge in [-0.25, -0.2) is 0 Å². The largest absolute Gasteiger partial charge is 0.324 e. The van der Waals surface area contributed by atoms with Gasteiger partial charge in [-0.2, -0.15) is 0 Å². The first kappa shape index (κ1) is 13.5. The van der Waals surface area contributed by atoms with Gasteiger partial charge >= 0.3 is 0 Å². The van der Waals surface area contributed by atoms with E-state index in [9.17, 15) is 4.79 Å². The molecule has 0 radical (unpaired) electrons. The molecule has 1 amide bonds. The fourth-order valence-corrected chi connectivity index (χ4v) is 2.71. The molecule has 0 bridgehead atoms. The van der Waals surface area contributed by atoms with Crippen LogP contribution in [-0.4, -0.2) is 5.91 Å². The van der Waals surface area contributed by atoms with Crippen LogP contribution in [0.2, 0.25) is 10.0 Å². The lowest BCUT2D eigenvalue weighted by molar-refractivity contribution is -0.117. The third-order valence-electron chi connectivity index (χ3n) is 3.54. The van der Waals surface area contributed by atoms with E-state index in [1.807, 2.05) is 18.2 Å². The van der Waals surface area contributed by atoms with Gasteiger partial charge < -0.3 is 5.32 Å². The van der Waals surface area contributed by atoms with Gasteiger partial charge in [0.25, 0.3) is 0 Å². The van der Waals surface area contributed by atoms with E-state index in [1.54, 1.807) is 18.2 Å². The highest BCUT2D eigenvalue weighted by Crippen LogP contribution is 2.48. The number of halogens is 2. The molecule has 0 heterocycles. The van der Waals surface area contributed by atoms with Gasteiger partial charge in [-0.1, -0.05) is 53.5 Å². The molecule has 1 fully saturated rings. The average molecular weight is 306 g/mol. The van der Waals surface area contributed by atoms with Gasteiger partial charge in [0.1, 0.15) is 0 Å². The Kier molecular flexibility index (Phi) is 3.68. The number of anilines is 1. The minimum atomic E-state index is 0.00280. The van der Waals surface area contributed by atoms with Crippen molar-refractivity contribution in [2.75, 3.05) is 5.32 Å². The zero-order valence-electron chi connectivity index (χ0n) is 10.6. The van der Waals surface area contributed by atoms with Gasteiger partial charge in [-0.05, 0) is 36.1 Å². The number of rotatable bonds is 3. The average Bonchev–Trinajstić information content (AvgIpc) is 3.24. The normalized spacial score (nSPS) is 20.5. The van der Waals surface area contributed by atoms with Crippen molar-refractivity contribution < 1.29 is 4.79 Å². The smallest absolute Gasteiger partial charge is 0.228 e. The van der Waals surface area contributed by atoms with Crippen molar-refractivity contribution in [3.8, 4) is 0 Å². The Hall–Kier alpha value is -1.51. The van der Waals surface area contributed by atoms with E-state index in [4.69, 9.17) is 23.2 Å². The summed E-state index contributed by atoms with van der Waals surface area (Å²) in [5.41, 5.74) is 1.78. The molecule has 0 saturated heterocycles. The quantitative estimate of drug-likeness (QED) is 0.872. The van der Waals surface area contributed by atoms with E-state index in [1.165, 1.54) is 5.56 Å². The van der Waals surface area contributed by atoms with Crippen LogP contribution in [-0.2, 0) is 4.79 Å². The van der Waals surface area contributed by atoms with Crippen molar-refractivity contribution in [2.24, 2.45) is 5.92 Å². The summed E-state index contributed by atoms with van der Waals surface area (Å²) in [6, 6.07) is 15.1. The summed E-state index contributed by atoms with van der Waals surface area (Å²) in [7, 11) is 0. The Morgan fingerprint density at radius 1 is 1.10 bits per heavy atom. The number of carbonyl (C=O) groups excluding carboxylic acids is 1. The van der Waals surface area contributed by atoms with E-state index >= 15 is 0 Å². The summed E-state index contributed by atoms with van der Waals surface area (Å²) < 4.78 is 0. The van der Waals surface area contributed by atoms with Gasteiger partial charge in [-0.3, -0.25) is 4.79 Å². The van der Waals surface area contributed by atoms with E-state index in [-0.39, 0.29) is 11.8 Å². The summed E-state index contributed by atoms with van der Waals surface area (Å²) in [5.74, 6) is 0.338. The van der Waals surface area contributed by atoms with Crippen molar-refractivity contribution in [2.45, 2.75) is 12.3 Å². The second-order valence-corrected chi connectivity index (χ2v) is 5.82. The van der Waals surface area contributed by atoms with Crippen LogP contribution in [0.3, 0.4) is 0 Å². The molecule has 2 atom stereocenters. The fourth-order valence-electron chi connectivity index (χ4n) is 2.37. The topological polar surface area (TPSA) is 29.1 Å². The first-order valence-corrected chi connectivity index (χ1v) is 7.21. The molecule has 1 N–H and O–H groups in total. The van der Waals surface area contributed by atoms with Gasteiger partial charge in [0.2, 0.25) is 5.91 Å². The van der Waals surface area contributed by atoms with Crippen molar-refractivity contribution in [1.82, 2.24) is 0 Å². The molecule has 4 heteroatoms. The molecule has 0 aromatic heterocycles. The lowest BCUT2D eigenvalue weighted by Gasteiger charge is -2.07. The first-order chi connectivity index (χ1) is 9.65. The monoisotopic (exact) mass is 305 g/mol. The highest BCUT2D eigenvalue weighted by molar-refractivity contribution is 6.35. The van der Waals surface area contributed by atoms with Gasteiger partial charge in [-0.15, -0.1) is 0 Å². The summed E-state index contributed by atoms with van der Waals surface area (Å²) in [6.45, 7) is 0. The Labute approximate surface area is 127 Å². The Balaban J connectivity index is 1.68. The third kappa shape index (κ3) is 2.82. The number of amides is 1. The fraction of sp³-hybridized carbons (Fsp3) is 0.188. The molecule has 1 aliphatic rings. The predicted molar refractivity (Wildman–Crippen MR) is 82.4 cm³/mol. The zero-order valence-corrected chi connectivity index (χ0v) is 12.2. The van der Waals surface area contributed by atoms with Crippen LogP contribution in [0.15, 0.2) is 48.5 Å². The standard InChI is InChI=1S/C16H13Cl2NO/c17-11-6-7-14(18)15(8-11)19-16(20)13-9-12(13)10-4-2-1-3-5-10/h1-8,12-13H,9H2,(H,19,20). The Morgan fingerprint density at radius 3 is 2.60 bits per heavy atom. The molecule has 2 nitrogen and oxygen atoms in total. The number of benzene rings is 2. The number of hydrogen-bond acceptors (Lipinski definition) is 1. The van der Waals surface area contributed by atoms with Crippen LogP contribution < -0.4 is 5.32 Å². The highest BCUT2D eigenvalue weighted by atomic mass is 35.5. The lowest BCUT2D eigenvalue weighted by Crippen LogP contribution is -2.14. The molecule has 20 heavy (non-hydrogen) atoms. The maximum atomic E-state index is 12.2. The molecule has 1 saturated carbocycles. The van der Waals surface area contributed by atoms with Crippen molar-refractivity contribution in [1.29, 1.82) is 0 Å². The van der Waals surface area contributed by atoms with E-state index < -0.39 is 0 Å². The van der Waals surface area contributed by atoms with E-state index in [2.05, 4.69) is 17.4 Å². The lowest BCUT2D eigenvalue weighted by atomic mass is 10.1. The van der Waals surface area contributed by atoms with Crippen LogP contribution in [0, 0.1) is 5.92 Å². The summed E-state index contributed by atoms with van der Waals surface area (Å²) in [5, 5.41) is 3.91. The van der Waals surface area contributed by atoms with Crippen LogP contribution in [0.5, 0.6) is 0 Å². The molecule has 2 unspecified atom stereocenters. The molecular weight excluding hydrogens is 293 g/mol. The SMILES string of the molecule is O=C(Nc1cc(Cl)ccc1Cl)C1CC1c1ccccc1. The molecule has 1 aliphatic carbocycles. The zero-order chi connectivity index (χ0) is 14.1. The van der Waals surface area contributed by atoms with Crippen LogP contribution in [0.25, 0.3) is 0 Å². The third-order valence-corrected chi connectivity index (χ3v) is 4.11. The Bertz CT molecular complexity index is 642. The maximum Gasteiger partial charge on any atom is 0.228 e. The Morgan fingerprint density at radius 2 is 1.85 bits per heavy atom. The van der Waals surface area contributed by atoms with Crippen molar-refractivity contribution in [3.05, 3.63) is 64.1 Å². The van der Waals surface area contributed by atoms with E-state index in [0.29, 0.717) is 21.7 Å². The van der Waals surface area contributed by atoms with Crippen molar-refractivity contribution >= 4 is 34.8 Å². The van der Waals surface area contributed by atoms with Crippen LogP contribution >= 0.6 is 23.2 Å². The second-order valence-electron chi connectivity index (χ2n) is 4.97. The summed E-state index contributed by atoms with van der Waals surface area (Å²) in [6.07, 6.45) is 0.883. The van der Waals surface area contributed by atoms with Crippen LogP contribution in [0.4, 0.5) is 5.69 Å². The number of hydrogen-bond donors (Lipinski definition) is 1. The number of carbonyl (C=O) groups is 1. The van der Waals surface area contributed by atoms with E-state index in [0.717, 1.165) is 6.42 Å². The first-order valence-electron chi connectivity index (χ1n) is 6.46. The minimum absolute atomic E-state index is 0.00280. The molecule has 102 valence electrons. The molecule has 0 aliphatic heterocycles. The minimum Gasteiger partial charge on any atom is -0.324 e. The van der Waals surface area contributed by atoms with Gasteiger partial charge in [0.15, 0.2) is 0 Å². The molecule has 2 aromatic carbocycles.